The van der Waals surface area contributed by atoms with Gasteiger partial charge in [-0.1, -0.05) is 41.4 Å². The summed E-state index contributed by atoms with van der Waals surface area (Å²) in [5.41, 5.74) is 2.38. The van der Waals surface area contributed by atoms with E-state index in [-0.39, 0.29) is 25.9 Å². The molecule has 0 radical (unpaired) electrons. The third-order valence-corrected chi connectivity index (χ3v) is 7.71. The van der Waals surface area contributed by atoms with Crippen LogP contribution in [0.2, 0.25) is 10.0 Å². The molecule has 238 valence electrons. The van der Waals surface area contributed by atoms with E-state index in [4.69, 9.17) is 65.8 Å². The molecule has 1 aliphatic heterocycles. The molecule has 0 fully saturated rings. The number of esters is 1. The molecular weight excluding hydrogens is 615 g/mol. The van der Waals surface area contributed by atoms with Crippen LogP contribution in [0.1, 0.15) is 39.9 Å². The zero-order chi connectivity index (χ0) is 31.8. The molecule has 10 nitrogen and oxygen atoms in total. The van der Waals surface area contributed by atoms with Gasteiger partial charge < -0.3 is 42.6 Å². The number of hydrogen-bond donors (Lipinski definition) is 0. The molecule has 0 spiro atoms. The van der Waals surface area contributed by atoms with Crippen molar-refractivity contribution < 1.29 is 47.4 Å². The minimum atomic E-state index is -0.707. The largest absolute Gasteiger partial charge is 0.489 e. The lowest BCUT2D eigenvalue weighted by atomic mass is 9.80. The summed E-state index contributed by atoms with van der Waals surface area (Å²) in [6, 6.07) is 14.1. The SMILES string of the molecule is COC(C)COc1cc2c(cc1Cl)C(c1ccccc1C(=O)OCC(OC)OC)c1cc(Cl)c(OCC(OC)OC)cc1O2. The molecular formula is C32H36Cl2O10. The second-order valence-electron chi connectivity index (χ2n) is 9.83. The molecule has 2 unspecified atom stereocenters. The van der Waals surface area contributed by atoms with Crippen LogP contribution in [0, 0.1) is 0 Å². The molecule has 12 heteroatoms. The number of methoxy groups -OCH3 is 5. The summed E-state index contributed by atoms with van der Waals surface area (Å²) in [5, 5.41) is 0.692. The van der Waals surface area contributed by atoms with E-state index in [2.05, 4.69) is 0 Å². The first-order valence-corrected chi connectivity index (χ1v) is 14.5. The van der Waals surface area contributed by atoms with Crippen molar-refractivity contribution in [1.29, 1.82) is 0 Å². The molecule has 44 heavy (non-hydrogen) atoms. The molecule has 3 aromatic carbocycles. The fraction of sp³-hybridized carbons (Fsp3) is 0.406. The van der Waals surface area contributed by atoms with Gasteiger partial charge in [-0.2, -0.15) is 0 Å². The van der Waals surface area contributed by atoms with Crippen LogP contribution < -0.4 is 14.2 Å². The van der Waals surface area contributed by atoms with Crippen LogP contribution in [0.5, 0.6) is 23.0 Å². The molecule has 1 aliphatic rings. The highest BCUT2D eigenvalue weighted by Crippen LogP contribution is 2.52. The summed E-state index contributed by atoms with van der Waals surface area (Å²) in [6.07, 6.45) is -1.46. The van der Waals surface area contributed by atoms with E-state index in [1.54, 1.807) is 43.5 Å². The lowest BCUT2D eigenvalue weighted by Gasteiger charge is -2.31. The monoisotopic (exact) mass is 650 g/mol. The fourth-order valence-electron chi connectivity index (χ4n) is 4.62. The van der Waals surface area contributed by atoms with Crippen molar-refractivity contribution >= 4 is 29.2 Å². The highest BCUT2D eigenvalue weighted by Gasteiger charge is 2.34. The van der Waals surface area contributed by atoms with Gasteiger partial charge in [0.15, 0.2) is 12.6 Å². The molecule has 0 bridgehead atoms. The van der Waals surface area contributed by atoms with Gasteiger partial charge in [0.25, 0.3) is 0 Å². The van der Waals surface area contributed by atoms with Crippen LogP contribution in [-0.4, -0.2) is 80.0 Å². The van der Waals surface area contributed by atoms with E-state index in [0.29, 0.717) is 55.3 Å². The molecule has 1 heterocycles. The Balaban J connectivity index is 1.81. The summed E-state index contributed by atoms with van der Waals surface area (Å²) in [6.45, 7) is 2.16. The van der Waals surface area contributed by atoms with Crippen molar-refractivity contribution in [2.24, 2.45) is 0 Å². The first-order chi connectivity index (χ1) is 21.2. The maximum Gasteiger partial charge on any atom is 0.338 e. The summed E-state index contributed by atoms with van der Waals surface area (Å²) < 4.78 is 49.9. The van der Waals surface area contributed by atoms with Gasteiger partial charge in [0.1, 0.15) is 42.8 Å². The van der Waals surface area contributed by atoms with Crippen molar-refractivity contribution in [2.75, 3.05) is 55.4 Å². The minimum absolute atomic E-state index is 0.0927. The highest BCUT2D eigenvalue weighted by molar-refractivity contribution is 6.32. The van der Waals surface area contributed by atoms with Gasteiger partial charge >= 0.3 is 5.97 Å². The molecule has 3 aromatic rings. The van der Waals surface area contributed by atoms with Crippen LogP contribution in [0.25, 0.3) is 0 Å². The van der Waals surface area contributed by atoms with E-state index in [0.717, 1.165) is 0 Å². The Kier molecular flexibility index (Phi) is 12.1. The molecule has 0 saturated heterocycles. The number of carbonyl (C=O) groups excluding carboxylic acids is 1. The summed E-state index contributed by atoms with van der Waals surface area (Å²) in [7, 11) is 7.57. The first kappa shape index (κ1) is 33.8. The van der Waals surface area contributed by atoms with Crippen molar-refractivity contribution in [3.8, 4) is 23.0 Å². The minimum Gasteiger partial charge on any atom is -0.489 e. The zero-order valence-corrected chi connectivity index (χ0v) is 26.9. The second-order valence-corrected chi connectivity index (χ2v) is 10.6. The number of rotatable bonds is 15. The van der Waals surface area contributed by atoms with Crippen molar-refractivity contribution in [3.63, 3.8) is 0 Å². The topological polar surface area (TPSA) is 100 Å². The summed E-state index contributed by atoms with van der Waals surface area (Å²) in [4.78, 5) is 13.4. The van der Waals surface area contributed by atoms with Gasteiger partial charge in [-0.05, 0) is 30.7 Å². The van der Waals surface area contributed by atoms with E-state index in [1.165, 1.54) is 28.4 Å². The Morgan fingerprint density at radius 3 is 1.80 bits per heavy atom. The van der Waals surface area contributed by atoms with Gasteiger partial charge in [0.2, 0.25) is 0 Å². The summed E-state index contributed by atoms with van der Waals surface area (Å²) in [5.74, 6) is 0.652. The van der Waals surface area contributed by atoms with Gasteiger partial charge in [-0.25, -0.2) is 4.79 Å². The average Bonchev–Trinajstić information content (AvgIpc) is 3.04. The Morgan fingerprint density at radius 1 is 0.727 bits per heavy atom. The zero-order valence-electron chi connectivity index (χ0n) is 25.4. The lowest BCUT2D eigenvalue weighted by Crippen LogP contribution is -2.24. The second kappa shape index (κ2) is 15.8. The number of fused-ring (bicyclic) bond motifs is 2. The molecule has 0 aromatic heterocycles. The third-order valence-electron chi connectivity index (χ3n) is 7.12. The number of halogens is 2. The van der Waals surface area contributed by atoms with Crippen LogP contribution in [-0.2, 0) is 28.4 Å². The number of benzene rings is 3. The smallest absolute Gasteiger partial charge is 0.338 e. The first-order valence-electron chi connectivity index (χ1n) is 13.7. The van der Waals surface area contributed by atoms with Crippen LogP contribution in [0.15, 0.2) is 48.5 Å². The quantitative estimate of drug-likeness (QED) is 0.105. The Morgan fingerprint density at radius 2 is 1.25 bits per heavy atom. The van der Waals surface area contributed by atoms with Gasteiger partial charge in [0, 0.05) is 64.7 Å². The molecule has 0 aliphatic carbocycles. The maximum atomic E-state index is 13.4. The van der Waals surface area contributed by atoms with E-state index in [1.807, 2.05) is 19.1 Å². The number of ether oxygens (including phenoxy) is 9. The predicted octanol–water partition coefficient (Wildman–Crippen LogP) is 6.47. The summed E-state index contributed by atoms with van der Waals surface area (Å²) >= 11 is 13.5. The van der Waals surface area contributed by atoms with E-state index < -0.39 is 24.5 Å². The third kappa shape index (κ3) is 7.76. The Bertz CT molecular complexity index is 1420. The molecule has 0 N–H and O–H groups in total. The molecule has 0 saturated carbocycles. The molecule has 4 rings (SSSR count). The highest BCUT2D eigenvalue weighted by atomic mass is 35.5. The van der Waals surface area contributed by atoms with Crippen LogP contribution in [0.3, 0.4) is 0 Å². The standard InChI is InChI=1S/C32H36Cl2O10/c1-18(36-2)15-41-27-13-25-21(11-23(27)33)31(19-9-7-8-10-20(19)32(35)43-17-30(39-5)40-6)22-12-24(34)28(14-26(22)44-25)42-16-29(37-3)38-4/h7-14,18,29-31H,15-17H2,1-6H3. The van der Waals surface area contributed by atoms with Crippen molar-refractivity contribution in [2.45, 2.75) is 31.5 Å². The van der Waals surface area contributed by atoms with Gasteiger partial charge in [-0.3, -0.25) is 0 Å². The molecule has 0 amide bonds. The molecule has 2 atom stereocenters. The van der Waals surface area contributed by atoms with E-state index in [9.17, 15) is 4.79 Å². The van der Waals surface area contributed by atoms with Gasteiger partial charge in [0.05, 0.1) is 21.7 Å². The van der Waals surface area contributed by atoms with Crippen molar-refractivity contribution in [3.05, 3.63) is 80.8 Å². The van der Waals surface area contributed by atoms with Crippen LogP contribution in [0.4, 0.5) is 0 Å². The maximum absolute atomic E-state index is 13.4. The number of hydrogen-bond acceptors (Lipinski definition) is 10. The normalized spacial score (nSPS) is 14.5. The van der Waals surface area contributed by atoms with E-state index >= 15 is 0 Å². The average molecular weight is 652 g/mol. The number of carbonyl (C=O) groups is 1. The van der Waals surface area contributed by atoms with Gasteiger partial charge in [-0.15, -0.1) is 0 Å². The Labute approximate surface area is 266 Å². The fourth-order valence-corrected chi connectivity index (χ4v) is 5.08. The lowest BCUT2D eigenvalue weighted by molar-refractivity contribution is -0.129. The predicted molar refractivity (Wildman–Crippen MR) is 164 cm³/mol. The Hall–Kier alpha value is -3.09. The van der Waals surface area contributed by atoms with Crippen molar-refractivity contribution in [1.82, 2.24) is 0 Å². The van der Waals surface area contributed by atoms with Crippen LogP contribution >= 0.6 is 23.2 Å².